The average Bonchev–Trinajstić information content (AvgIpc) is 2.79. The van der Waals surface area contributed by atoms with E-state index in [1.165, 1.54) is 0 Å². The van der Waals surface area contributed by atoms with E-state index in [0.29, 0.717) is 59.8 Å². The normalized spacial score (nSPS) is 19.8. The minimum Gasteiger partial charge on any atom is -0.450 e. The van der Waals surface area contributed by atoms with E-state index < -0.39 is 17.5 Å². The third kappa shape index (κ3) is 4.44. The van der Waals surface area contributed by atoms with Gasteiger partial charge in [0.15, 0.2) is 23.1 Å². The Morgan fingerprint density at radius 1 is 0.871 bits per heavy atom. The molecule has 164 valence electrons. The number of aryl methyl sites for hydroxylation is 2. The lowest BCUT2D eigenvalue weighted by Crippen LogP contribution is -2.15. The van der Waals surface area contributed by atoms with Gasteiger partial charge < -0.3 is 4.74 Å². The molecule has 2 aliphatic rings. The summed E-state index contributed by atoms with van der Waals surface area (Å²) in [6.45, 7) is 7.53. The maximum Gasteiger partial charge on any atom is 0.201 e. The third-order valence-electron chi connectivity index (χ3n) is 6.82. The highest BCUT2D eigenvalue weighted by molar-refractivity contribution is 5.53. The van der Waals surface area contributed by atoms with E-state index in [9.17, 15) is 13.2 Å². The SMILES string of the molecule is C=CCCc1ccc2c(c1F)Oc1c(cc(CCC3CCC(C=C)CC3)c(F)c1F)C2. The molecule has 1 fully saturated rings. The average molecular weight is 427 g/mol. The molecule has 2 aromatic carbocycles. The maximum atomic E-state index is 14.9. The van der Waals surface area contributed by atoms with Gasteiger partial charge >= 0.3 is 0 Å². The minimum absolute atomic E-state index is 0.0130. The minimum atomic E-state index is -1.01. The number of allylic oxidation sites excluding steroid dienone is 2. The van der Waals surface area contributed by atoms with Gasteiger partial charge in [-0.05, 0) is 80.4 Å². The summed E-state index contributed by atoms with van der Waals surface area (Å²) in [7, 11) is 0. The largest absolute Gasteiger partial charge is 0.450 e. The monoisotopic (exact) mass is 426 g/mol. The van der Waals surface area contributed by atoms with Crippen molar-refractivity contribution in [2.45, 2.75) is 57.8 Å². The van der Waals surface area contributed by atoms with Crippen LogP contribution in [0.25, 0.3) is 0 Å². The third-order valence-corrected chi connectivity index (χ3v) is 6.82. The molecule has 1 saturated carbocycles. The van der Waals surface area contributed by atoms with Gasteiger partial charge in [-0.15, -0.1) is 13.2 Å². The van der Waals surface area contributed by atoms with Gasteiger partial charge in [-0.25, -0.2) is 8.78 Å². The van der Waals surface area contributed by atoms with Crippen LogP contribution in [-0.2, 0) is 19.3 Å². The van der Waals surface area contributed by atoms with Crippen LogP contribution < -0.4 is 4.74 Å². The molecule has 0 aromatic heterocycles. The summed E-state index contributed by atoms with van der Waals surface area (Å²) >= 11 is 0. The van der Waals surface area contributed by atoms with Gasteiger partial charge in [0.1, 0.15) is 0 Å². The van der Waals surface area contributed by atoms with Crippen molar-refractivity contribution in [3.05, 3.63) is 83.2 Å². The Bertz CT molecular complexity index is 987. The second kappa shape index (κ2) is 9.33. The Balaban J connectivity index is 1.52. The zero-order valence-electron chi connectivity index (χ0n) is 17.9. The lowest BCUT2D eigenvalue weighted by molar-refractivity contribution is 0.295. The summed E-state index contributed by atoms with van der Waals surface area (Å²) in [6, 6.07) is 5.26. The first-order chi connectivity index (χ1) is 15.0. The van der Waals surface area contributed by atoms with Crippen LogP contribution in [0.15, 0.2) is 43.5 Å². The molecule has 1 nitrogen and oxygen atoms in total. The van der Waals surface area contributed by atoms with Crippen molar-refractivity contribution in [1.29, 1.82) is 0 Å². The molecule has 4 heteroatoms. The van der Waals surface area contributed by atoms with Crippen molar-refractivity contribution >= 4 is 0 Å². The Labute approximate surface area is 182 Å². The van der Waals surface area contributed by atoms with Gasteiger partial charge in [0, 0.05) is 17.5 Å². The highest BCUT2D eigenvalue weighted by Crippen LogP contribution is 2.42. The fraction of sp³-hybridized carbons (Fsp3) is 0.407. The molecule has 0 unspecified atom stereocenters. The van der Waals surface area contributed by atoms with Gasteiger partial charge in [0.05, 0.1) is 0 Å². The maximum absolute atomic E-state index is 14.9. The summed E-state index contributed by atoms with van der Waals surface area (Å²) in [6.07, 6.45) is 11.0. The molecular weight excluding hydrogens is 397 g/mol. The Morgan fingerprint density at radius 2 is 1.61 bits per heavy atom. The molecule has 4 rings (SSSR count). The topological polar surface area (TPSA) is 9.23 Å². The standard InChI is InChI=1S/C27H29F3O/c1-3-5-6-19-13-14-21-16-22-15-20(12-11-18-9-7-17(4-2)8-10-18)23(28)25(30)27(22)31-26(21)24(19)29/h3-4,13-15,17-18H,1-2,5-12,16H2. The van der Waals surface area contributed by atoms with Gasteiger partial charge in [0.25, 0.3) is 0 Å². The van der Waals surface area contributed by atoms with Crippen molar-refractivity contribution in [3.8, 4) is 11.5 Å². The van der Waals surface area contributed by atoms with Crippen LogP contribution in [0, 0.1) is 29.3 Å². The second-order valence-corrected chi connectivity index (χ2v) is 8.84. The lowest BCUT2D eigenvalue weighted by Gasteiger charge is -2.27. The summed E-state index contributed by atoms with van der Waals surface area (Å²) in [5.74, 6) is -1.42. The number of fused-ring (bicyclic) bond motifs is 2. The van der Waals surface area contributed by atoms with Crippen molar-refractivity contribution in [2.75, 3.05) is 0 Å². The van der Waals surface area contributed by atoms with Crippen LogP contribution >= 0.6 is 0 Å². The van der Waals surface area contributed by atoms with Gasteiger partial charge in [-0.1, -0.05) is 24.3 Å². The molecule has 2 aromatic rings. The predicted octanol–water partition coefficient (Wildman–Crippen LogP) is 7.84. The molecule has 0 N–H and O–H groups in total. The lowest BCUT2D eigenvalue weighted by atomic mass is 9.79. The zero-order valence-corrected chi connectivity index (χ0v) is 17.9. The number of benzene rings is 2. The number of hydrogen-bond donors (Lipinski definition) is 0. The van der Waals surface area contributed by atoms with E-state index in [0.717, 1.165) is 32.1 Å². The van der Waals surface area contributed by atoms with Crippen molar-refractivity contribution in [3.63, 3.8) is 0 Å². The molecule has 0 atom stereocenters. The fourth-order valence-corrected chi connectivity index (χ4v) is 4.86. The molecule has 1 aliphatic heterocycles. The van der Waals surface area contributed by atoms with E-state index >= 15 is 0 Å². The molecule has 1 heterocycles. The Morgan fingerprint density at radius 3 is 2.32 bits per heavy atom. The highest BCUT2D eigenvalue weighted by Gasteiger charge is 2.28. The number of hydrogen-bond acceptors (Lipinski definition) is 1. The van der Waals surface area contributed by atoms with Crippen LogP contribution in [-0.4, -0.2) is 0 Å². The Kier molecular flexibility index (Phi) is 6.54. The van der Waals surface area contributed by atoms with E-state index in [2.05, 4.69) is 13.2 Å². The number of halogens is 3. The van der Waals surface area contributed by atoms with Crippen LogP contribution in [0.2, 0.25) is 0 Å². The van der Waals surface area contributed by atoms with Gasteiger partial charge in [-0.2, -0.15) is 4.39 Å². The van der Waals surface area contributed by atoms with Crippen molar-refractivity contribution < 1.29 is 17.9 Å². The van der Waals surface area contributed by atoms with Gasteiger partial charge in [-0.3, -0.25) is 0 Å². The number of ether oxygens (including phenoxy) is 1. The first-order valence-corrected chi connectivity index (χ1v) is 11.2. The molecule has 0 bridgehead atoms. The molecule has 31 heavy (non-hydrogen) atoms. The summed E-state index contributed by atoms with van der Waals surface area (Å²) in [5.41, 5.74) is 2.12. The molecule has 0 spiro atoms. The van der Waals surface area contributed by atoms with E-state index in [4.69, 9.17) is 4.74 Å². The first kappa shape index (κ1) is 21.7. The molecule has 0 amide bonds. The summed E-state index contributed by atoms with van der Waals surface area (Å²) in [4.78, 5) is 0. The first-order valence-electron chi connectivity index (χ1n) is 11.2. The van der Waals surface area contributed by atoms with E-state index in [1.807, 2.05) is 12.1 Å². The number of rotatable bonds is 7. The fourth-order valence-electron chi connectivity index (χ4n) is 4.86. The molecular formula is C27H29F3O. The molecule has 0 saturated heterocycles. The molecule has 0 radical (unpaired) electrons. The zero-order chi connectivity index (χ0) is 22.0. The smallest absolute Gasteiger partial charge is 0.201 e. The van der Waals surface area contributed by atoms with Crippen molar-refractivity contribution in [2.24, 2.45) is 11.8 Å². The quantitative estimate of drug-likeness (QED) is 0.350. The van der Waals surface area contributed by atoms with Gasteiger partial charge in [0.2, 0.25) is 5.82 Å². The van der Waals surface area contributed by atoms with Crippen molar-refractivity contribution in [1.82, 2.24) is 0 Å². The van der Waals surface area contributed by atoms with Crippen LogP contribution in [0.4, 0.5) is 13.2 Å². The van der Waals surface area contributed by atoms with Crippen LogP contribution in [0.1, 0.15) is 60.8 Å². The predicted molar refractivity (Wildman–Crippen MR) is 118 cm³/mol. The van der Waals surface area contributed by atoms with E-state index in [-0.39, 0.29) is 11.5 Å². The molecule has 1 aliphatic carbocycles. The van der Waals surface area contributed by atoms with E-state index in [1.54, 1.807) is 18.2 Å². The highest BCUT2D eigenvalue weighted by atomic mass is 19.2. The second-order valence-electron chi connectivity index (χ2n) is 8.84. The summed E-state index contributed by atoms with van der Waals surface area (Å²) in [5, 5.41) is 0. The van der Waals surface area contributed by atoms with Crippen LogP contribution in [0.3, 0.4) is 0 Å². The Hall–Kier alpha value is -2.49. The van der Waals surface area contributed by atoms with Crippen LogP contribution in [0.5, 0.6) is 11.5 Å². The summed E-state index contributed by atoms with van der Waals surface area (Å²) < 4.78 is 50.2.